The van der Waals surface area contributed by atoms with Crippen LogP contribution in [-0.2, 0) is 21.2 Å². The van der Waals surface area contributed by atoms with Crippen LogP contribution in [0, 0.1) is 0 Å². The molecule has 19 heavy (non-hydrogen) atoms. The first-order chi connectivity index (χ1) is 8.87. The quantitative estimate of drug-likeness (QED) is 0.770. The SMILES string of the molecule is COC(=O)c1cc2c(cn1)CCN2S(=O)(=O)C(F)F. The fourth-order valence-corrected chi connectivity index (χ4v) is 2.80. The van der Waals surface area contributed by atoms with Gasteiger partial charge >= 0.3 is 11.7 Å². The van der Waals surface area contributed by atoms with Crippen molar-refractivity contribution in [1.29, 1.82) is 0 Å². The predicted molar refractivity (Wildman–Crippen MR) is 61.6 cm³/mol. The number of anilines is 1. The summed E-state index contributed by atoms with van der Waals surface area (Å²) < 4.78 is 53.1. The molecule has 104 valence electrons. The zero-order valence-corrected chi connectivity index (χ0v) is 10.7. The number of rotatable bonds is 3. The van der Waals surface area contributed by atoms with Crippen molar-refractivity contribution in [3.8, 4) is 0 Å². The molecule has 0 aromatic carbocycles. The molecule has 0 unspecified atom stereocenters. The minimum atomic E-state index is -4.72. The van der Waals surface area contributed by atoms with Crippen LogP contribution in [0.5, 0.6) is 0 Å². The molecule has 1 aromatic heterocycles. The number of sulfonamides is 1. The summed E-state index contributed by atoms with van der Waals surface area (Å²) in [5.74, 6) is -4.27. The first-order valence-corrected chi connectivity index (χ1v) is 6.75. The number of carbonyl (C=O) groups excluding carboxylic acids is 1. The molecule has 0 saturated heterocycles. The highest BCUT2D eigenvalue weighted by Gasteiger charge is 2.37. The summed E-state index contributed by atoms with van der Waals surface area (Å²) in [5, 5.41) is 0. The Morgan fingerprint density at radius 3 is 2.79 bits per heavy atom. The van der Waals surface area contributed by atoms with Gasteiger partial charge in [-0.25, -0.2) is 18.2 Å². The number of ether oxygens (including phenoxy) is 1. The number of methoxy groups -OCH3 is 1. The molecule has 0 saturated carbocycles. The van der Waals surface area contributed by atoms with Crippen molar-refractivity contribution in [3.05, 3.63) is 23.5 Å². The fourth-order valence-electron chi connectivity index (χ4n) is 1.82. The molecule has 0 radical (unpaired) electrons. The Balaban J connectivity index is 2.47. The average Bonchev–Trinajstić information content (AvgIpc) is 2.80. The molecule has 6 nitrogen and oxygen atoms in total. The van der Waals surface area contributed by atoms with Gasteiger partial charge < -0.3 is 4.74 Å². The third-order valence-electron chi connectivity index (χ3n) is 2.74. The van der Waals surface area contributed by atoms with E-state index in [2.05, 4.69) is 9.72 Å². The highest BCUT2D eigenvalue weighted by molar-refractivity contribution is 7.93. The average molecular weight is 292 g/mol. The van der Waals surface area contributed by atoms with Gasteiger partial charge in [0.25, 0.3) is 10.0 Å². The summed E-state index contributed by atoms with van der Waals surface area (Å²) in [6.45, 7) is -0.0890. The summed E-state index contributed by atoms with van der Waals surface area (Å²) in [6.07, 6.45) is 1.57. The van der Waals surface area contributed by atoms with Crippen LogP contribution in [-0.4, -0.2) is 38.8 Å². The van der Waals surface area contributed by atoms with E-state index in [-0.39, 0.29) is 24.3 Å². The fraction of sp³-hybridized carbons (Fsp3) is 0.400. The van der Waals surface area contributed by atoms with Gasteiger partial charge in [0.2, 0.25) is 0 Å². The number of nitrogens with zero attached hydrogens (tertiary/aromatic N) is 2. The van der Waals surface area contributed by atoms with Crippen LogP contribution in [0.15, 0.2) is 12.3 Å². The summed E-state index contributed by atoms with van der Waals surface area (Å²) in [4.78, 5) is 15.1. The Bertz CT molecular complexity index is 618. The van der Waals surface area contributed by atoms with Crippen molar-refractivity contribution in [2.45, 2.75) is 12.2 Å². The van der Waals surface area contributed by atoms with Crippen LogP contribution < -0.4 is 4.31 Å². The van der Waals surface area contributed by atoms with Gasteiger partial charge in [0, 0.05) is 12.7 Å². The van der Waals surface area contributed by atoms with Gasteiger partial charge in [-0.15, -0.1) is 0 Å². The molecule has 0 amide bonds. The van der Waals surface area contributed by atoms with Crippen molar-refractivity contribution in [2.75, 3.05) is 18.0 Å². The summed E-state index contributed by atoms with van der Waals surface area (Å²) in [7, 11) is -3.58. The third kappa shape index (κ3) is 2.25. The monoisotopic (exact) mass is 292 g/mol. The molecular weight excluding hydrogens is 282 g/mol. The summed E-state index contributed by atoms with van der Waals surface area (Å²) in [5.41, 5.74) is 0.421. The number of hydrogen-bond acceptors (Lipinski definition) is 5. The third-order valence-corrected chi connectivity index (χ3v) is 4.19. The van der Waals surface area contributed by atoms with Crippen LogP contribution >= 0.6 is 0 Å². The maximum absolute atomic E-state index is 12.5. The minimum Gasteiger partial charge on any atom is -0.464 e. The number of esters is 1. The van der Waals surface area contributed by atoms with E-state index < -0.39 is 21.8 Å². The minimum absolute atomic E-state index is 0.0516. The van der Waals surface area contributed by atoms with E-state index in [0.29, 0.717) is 9.87 Å². The van der Waals surface area contributed by atoms with Crippen molar-refractivity contribution >= 4 is 21.7 Å². The molecule has 2 rings (SSSR count). The number of pyridine rings is 1. The predicted octanol–water partition coefficient (Wildman–Crippen LogP) is 0.783. The second kappa shape index (κ2) is 4.72. The first kappa shape index (κ1) is 13.7. The lowest BCUT2D eigenvalue weighted by Gasteiger charge is -2.18. The Kier molecular flexibility index (Phi) is 3.40. The summed E-state index contributed by atoms with van der Waals surface area (Å²) in [6, 6.07) is 1.15. The Labute approximate surface area is 108 Å². The molecule has 0 N–H and O–H groups in total. The van der Waals surface area contributed by atoms with E-state index in [9.17, 15) is 22.0 Å². The topological polar surface area (TPSA) is 76.6 Å². The molecule has 2 heterocycles. The number of halogens is 2. The lowest BCUT2D eigenvalue weighted by atomic mass is 10.2. The lowest BCUT2D eigenvalue weighted by molar-refractivity contribution is 0.0594. The summed E-state index contributed by atoms with van der Waals surface area (Å²) >= 11 is 0. The van der Waals surface area contributed by atoms with Crippen molar-refractivity contribution in [2.24, 2.45) is 0 Å². The van der Waals surface area contributed by atoms with Gasteiger partial charge in [0.05, 0.1) is 12.8 Å². The molecule has 1 aliphatic heterocycles. The number of aromatic nitrogens is 1. The second-order valence-corrected chi connectivity index (χ2v) is 5.64. The molecule has 0 aliphatic carbocycles. The van der Waals surface area contributed by atoms with E-state index in [0.717, 1.165) is 13.2 Å². The smallest absolute Gasteiger partial charge is 0.356 e. The van der Waals surface area contributed by atoms with Crippen LogP contribution in [0.1, 0.15) is 16.1 Å². The second-order valence-electron chi connectivity index (χ2n) is 3.82. The van der Waals surface area contributed by atoms with Crippen LogP contribution in [0.25, 0.3) is 0 Å². The Hall–Kier alpha value is -1.77. The molecule has 1 aliphatic rings. The number of hydrogen-bond donors (Lipinski definition) is 0. The van der Waals surface area contributed by atoms with E-state index in [4.69, 9.17) is 0 Å². The van der Waals surface area contributed by atoms with E-state index in [1.165, 1.54) is 6.20 Å². The zero-order valence-electron chi connectivity index (χ0n) is 9.84. The van der Waals surface area contributed by atoms with Gasteiger partial charge in [-0.05, 0) is 18.1 Å². The number of carbonyl (C=O) groups is 1. The molecule has 0 fully saturated rings. The van der Waals surface area contributed by atoms with E-state index >= 15 is 0 Å². The van der Waals surface area contributed by atoms with E-state index in [1.54, 1.807) is 0 Å². The Morgan fingerprint density at radius 2 is 2.21 bits per heavy atom. The lowest BCUT2D eigenvalue weighted by Crippen LogP contribution is -2.34. The van der Waals surface area contributed by atoms with Crippen molar-refractivity contribution < 1.29 is 26.7 Å². The van der Waals surface area contributed by atoms with Gasteiger partial charge in [-0.1, -0.05) is 0 Å². The van der Waals surface area contributed by atoms with Crippen molar-refractivity contribution in [1.82, 2.24) is 4.98 Å². The molecule has 9 heteroatoms. The van der Waals surface area contributed by atoms with Crippen molar-refractivity contribution in [3.63, 3.8) is 0 Å². The largest absolute Gasteiger partial charge is 0.464 e. The highest BCUT2D eigenvalue weighted by Crippen LogP contribution is 2.32. The van der Waals surface area contributed by atoms with E-state index in [1.807, 2.05) is 0 Å². The van der Waals surface area contributed by atoms with Gasteiger partial charge in [-0.3, -0.25) is 4.31 Å². The van der Waals surface area contributed by atoms with Gasteiger partial charge in [0.1, 0.15) is 5.69 Å². The maximum atomic E-state index is 12.5. The van der Waals surface area contributed by atoms with Crippen LogP contribution in [0.2, 0.25) is 0 Å². The first-order valence-electron chi connectivity index (χ1n) is 5.25. The number of alkyl halides is 2. The normalized spacial score (nSPS) is 14.6. The highest BCUT2D eigenvalue weighted by atomic mass is 32.2. The molecule has 0 spiro atoms. The van der Waals surface area contributed by atoms with Crippen LogP contribution in [0.4, 0.5) is 14.5 Å². The molecule has 0 atom stereocenters. The Morgan fingerprint density at radius 1 is 1.53 bits per heavy atom. The maximum Gasteiger partial charge on any atom is 0.356 e. The van der Waals surface area contributed by atoms with Gasteiger partial charge in [0.15, 0.2) is 0 Å². The van der Waals surface area contributed by atoms with Crippen LogP contribution in [0.3, 0.4) is 0 Å². The molecular formula is C10H10F2N2O4S. The number of fused-ring (bicyclic) bond motifs is 1. The zero-order chi connectivity index (χ0) is 14.2. The van der Waals surface area contributed by atoms with Gasteiger partial charge in [-0.2, -0.15) is 8.78 Å². The molecule has 1 aromatic rings. The standard InChI is InChI=1S/C10H10F2N2O4S/c1-18-9(15)7-4-8-6(5-13-7)2-3-14(8)19(16,17)10(11)12/h4-5,10H,2-3H2,1H3. The molecule has 0 bridgehead atoms.